The van der Waals surface area contributed by atoms with Crippen molar-refractivity contribution in [1.82, 2.24) is 10.2 Å². The Bertz CT molecular complexity index is 455. The van der Waals surface area contributed by atoms with E-state index in [0.29, 0.717) is 15.6 Å². The molecule has 0 amide bonds. The van der Waals surface area contributed by atoms with Gasteiger partial charge in [0.15, 0.2) is 0 Å². The van der Waals surface area contributed by atoms with Crippen LogP contribution in [0.2, 0.25) is 10.0 Å². The average Bonchev–Trinajstić information content (AvgIpc) is 2.83. The van der Waals surface area contributed by atoms with Gasteiger partial charge >= 0.3 is 0 Å². The highest BCUT2D eigenvalue weighted by Gasteiger charge is 2.37. The second-order valence-corrected chi connectivity index (χ2v) is 6.62. The van der Waals surface area contributed by atoms with Gasteiger partial charge in [-0.15, -0.1) is 0 Å². The fraction of sp³-hybridized carbons (Fsp3) is 0.600. The molecule has 0 aromatic heterocycles. The molecule has 1 aliphatic heterocycles. The molecule has 3 rings (SSSR count). The highest BCUT2D eigenvalue weighted by molar-refractivity contribution is 6.42. The van der Waals surface area contributed by atoms with Gasteiger partial charge in [-0.25, -0.2) is 0 Å². The lowest BCUT2D eigenvalue weighted by Gasteiger charge is -2.41. The highest BCUT2D eigenvalue weighted by Crippen LogP contribution is 2.33. The molecule has 2 fully saturated rings. The van der Waals surface area contributed by atoms with Crippen LogP contribution in [0.1, 0.15) is 31.2 Å². The number of hydrogen-bond acceptors (Lipinski definition) is 2. The van der Waals surface area contributed by atoms with Crippen molar-refractivity contribution in [3.05, 3.63) is 33.8 Å². The van der Waals surface area contributed by atoms with E-state index in [0.717, 1.165) is 31.7 Å². The Kier molecular flexibility index (Phi) is 4.04. The summed E-state index contributed by atoms with van der Waals surface area (Å²) in [4.78, 5) is 2.51. The van der Waals surface area contributed by atoms with Crippen molar-refractivity contribution in [2.24, 2.45) is 0 Å². The number of nitrogens with zero attached hydrogens (tertiary/aromatic N) is 1. The molecule has 0 unspecified atom stereocenters. The number of piperazine rings is 1. The maximum absolute atomic E-state index is 6.29. The van der Waals surface area contributed by atoms with Gasteiger partial charge in [-0.2, -0.15) is 0 Å². The SMILES string of the molecule is Clc1cccc(CN2CCNC3(CCCC3)C2)c1Cl. The molecule has 1 saturated carbocycles. The first kappa shape index (κ1) is 13.7. The zero-order chi connectivity index (χ0) is 13.3. The van der Waals surface area contributed by atoms with Gasteiger partial charge in [0.2, 0.25) is 0 Å². The van der Waals surface area contributed by atoms with Crippen molar-refractivity contribution < 1.29 is 0 Å². The molecule has 4 heteroatoms. The van der Waals surface area contributed by atoms with Crippen LogP contribution in [0.25, 0.3) is 0 Å². The van der Waals surface area contributed by atoms with E-state index in [-0.39, 0.29) is 0 Å². The van der Waals surface area contributed by atoms with Gasteiger partial charge in [-0.1, -0.05) is 48.2 Å². The minimum atomic E-state index is 0.364. The third-order valence-electron chi connectivity index (χ3n) is 4.44. The maximum atomic E-state index is 6.29. The minimum Gasteiger partial charge on any atom is -0.309 e. The normalized spacial score (nSPS) is 23.1. The molecule has 1 aromatic rings. The molecule has 0 atom stereocenters. The number of halogens is 2. The Labute approximate surface area is 125 Å². The smallest absolute Gasteiger partial charge is 0.0637 e. The van der Waals surface area contributed by atoms with Crippen molar-refractivity contribution in [3.63, 3.8) is 0 Å². The average molecular weight is 299 g/mol. The lowest BCUT2D eigenvalue weighted by atomic mass is 9.94. The Morgan fingerprint density at radius 3 is 2.79 bits per heavy atom. The van der Waals surface area contributed by atoms with Crippen molar-refractivity contribution in [1.29, 1.82) is 0 Å². The summed E-state index contributed by atoms with van der Waals surface area (Å²) in [6.07, 6.45) is 5.34. The van der Waals surface area contributed by atoms with Crippen LogP contribution in [0.5, 0.6) is 0 Å². The second-order valence-electron chi connectivity index (χ2n) is 5.84. The maximum Gasteiger partial charge on any atom is 0.0637 e. The number of hydrogen-bond donors (Lipinski definition) is 1. The molecule has 104 valence electrons. The Morgan fingerprint density at radius 1 is 1.21 bits per heavy atom. The highest BCUT2D eigenvalue weighted by atomic mass is 35.5. The lowest BCUT2D eigenvalue weighted by Crippen LogP contribution is -2.58. The molecule has 1 saturated heterocycles. The molecule has 0 bridgehead atoms. The van der Waals surface area contributed by atoms with Crippen LogP contribution >= 0.6 is 23.2 Å². The van der Waals surface area contributed by atoms with E-state index >= 15 is 0 Å². The van der Waals surface area contributed by atoms with Gasteiger partial charge in [0.05, 0.1) is 10.0 Å². The largest absolute Gasteiger partial charge is 0.309 e. The Balaban J connectivity index is 1.71. The molecule has 1 spiro atoms. The topological polar surface area (TPSA) is 15.3 Å². The van der Waals surface area contributed by atoms with E-state index in [1.54, 1.807) is 0 Å². The monoisotopic (exact) mass is 298 g/mol. The van der Waals surface area contributed by atoms with Crippen LogP contribution in [0.15, 0.2) is 18.2 Å². The zero-order valence-corrected chi connectivity index (χ0v) is 12.6. The lowest BCUT2D eigenvalue weighted by molar-refractivity contribution is 0.129. The van der Waals surface area contributed by atoms with E-state index in [1.165, 1.54) is 25.7 Å². The first-order valence-electron chi connectivity index (χ1n) is 7.09. The van der Waals surface area contributed by atoms with Gasteiger partial charge in [0, 0.05) is 31.7 Å². The molecule has 19 heavy (non-hydrogen) atoms. The molecule has 1 heterocycles. The first-order valence-corrected chi connectivity index (χ1v) is 7.84. The second kappa shape index (κ2) is 5.61. The number of nitrogens with one attached hydrogen (secondary N) is 1. The summed E-state index contributed by atoms with van der Waals surface area (Å²) in [6.45, 7) is 4.21. The van der Waals surface area contributed by atoms with Crippen LogP contribution in [-0.2, 0) is 6.54 Å². The summed E-state index contributed by atoms with van der Waals surface area (Å²) in [6, 6.07) is 5.91. The zero-order valence-electron chi connectivity index (χ0n) is 11.1. The summed E-state index contributed by atoms with van der Waals surface area (Å²) in [5, 5.41) is 5.10. The van der Waals surface area contributed by atoms with Crippen molar-refractivity contribution >= 4 is 23.2 Å². The fourth-order valence-electron chi connectivity index (χ4n) is 3.48. The summed E-state index contributed by atoms with van der Waals surface area (Å²) >= 11 is 12.4. The molecule has 0 radical (unpaired) electrons. The third kappa shape index (κ3) is 2.92. The Morgan fingerprint density at radius 2 is 2.00 bits per heavy atom. The van der Waals surface area contributed by atoms with Crippen LogP contribution in [0.4, 0.5) is 0 Å². The minimum absolute atomic E-state index is 0.364. The predicted octanol–water partition coefficient (Wildman–Crippen LogP) is 3.71. The van der Waals surface area contributed by atoms with Crippen molar-refractivity contribution in [3.8, 4) is 0 Å². The van der Waals surface area contributed by atoms with Gasteiger partial charge < -0.3 is 5.32 Å². The van der Waals surface area contributed by atoms with Crippen molar-refractivity contribution in [2.75, 3.05) is 19.6 Å². The van der Waals surface area contributed by atoms with Gasteiger partial charge in [-0.3, -0.25) is 4.90 Å². The van der Waals surface area contributed by atoms with Crippen molar-refractivity contribution in [2.45, 2.75) is 37.8 Å². The molecule has 1 N–H and O–H groups in total. The van der Waals surface area contributed by atoms with Gasteiger partial charge in [0.1, 0.15) is 0 Å². The van der Waals surface area contributed by atoms with Gasteiger partial charge in [0.25, 0.3) is 0 Å². The predicted molar refractivity (Wildman–Crippen MR) is 80.9 cm³/mol. The van der Waals surface area contributed by atoms with E-state index in [9.17, 15) is 0 Å². The van der Waals surface area contributed by atoms with Gasteiger partial charge in [-0.05, 0) is 24.5 Å². The van der Waals surface area contributed by atoms with Crippen LogP contribution in [-0.4, -0.2) is 30.1 Å². The number of rotatable bonds is 2. The summed E-state index contributed by atoms with van der Waals surface area (Å²) in [5.41, 5.74) is 1.51. The molecule has 1 aromatic carbocycles. The molecular formula is C15H20Cl2N2. The quantitative estimate of drug-likeness (QED) is 0.895. The molecule has 2 aliphatic rings. The molecular weight excluding hydrogens is 279 g/mol. The fourth-order valence-corrected chi connectivity index (χ4v) is 3.86. The van der Waals surface area contributed by atoms with E-state index in [2.05, 4.69) is 16.3 Å². The van der Waals surface area contributed by atoms with E-state index < -0.39 is 0 Å². The Hall–Kier alpha value is -0.280. The summed E-state index contributed by atoms with van der Waals surface area (Å²) < 4.78 is 0. The third-order valence-corrected chi connectivity index (χ3v) is 5.30. The summed E-state index contributed by atoms with van der Waals surface area (Å²) in [5.74, 6) is 0. The van der Waals surface area contributed by atoms with E-state index in [4.69, 9.17) is 23.2 Å². The number of benzene rings is 1. The van der Waals surface area contributed by atoms with Crippen LogP contribution < -0.4 is 5.32 Å². The first-order chi connectivity index (χ1) is 9.19. The van der Waals surface area contributed by atoms with Crippen LogP contribution in [0.3, 0.4) is 0 Å². The summed E-state index contributed by atoms with van der Waals surface area (Å²) in [7, 11) is 0. The molecule has 1 aliphatic carbocycles. The van der Waals surface area contributed by atoms with E-state index in [1.807, 2.05) is 12.1 Å². The molecule has 2 nitrogen and oxygen atoms in total. The van der Waals surface area contributed by atoms with Crippen LogP contribution in [0, 0.1) is 0 Å². The standard InChI is InChI=1S/C15H20Cl2N2/c16-13-5-3-4-12(14(13)17)10-19-9-8-18-15(11-19)6-1-2-7-15/h3-5,18H,1-2,6-11H2.